The predicted octanol–water partition coefficient (Wildman–Crippen LogP) is 16.4. The largest absolute Gasteiger partial charge is 0.507 e. The van der Waals surface area contributed by atoms with Crippen LogP contribution in [-0.4, -0.2) is 58.3 Å². The van der Waals surface area contributed by atoms with Crippen LogP contribution in [0.3, 0.4) is 0 Å². The van der Waals surface area contributed by atoms with Crippen molar-refractivity contribution in [2.75, 3.05) is 22.9 Å². The maximum absolute atomic E-state index is 12.7. The molecule has 0 heterocycles. The molecule has 0 bridgehead atoms. The molecule has 14 N–H and O–H groups in total. The zero-order valence-electron chi connectivity index (χ0n) is 47.5. The maximum atomic E-state index is 12.7. The molecule has 30 heteroatoms. The lowest BCUT2D eigenvalue weighted by Gasteiger charge is -2.09. The molecule has 0 aliphatic carbocycles. The Labute approximate surface area is 511 Å². The van der Waals surface area contributed by atoms with Gasteiger partial charge in [0.15, 0.2) is 0 Å². The summed E-state index contributed by atoms with van der Waals surface area (Å²) in [6.07, 6.45) is 0. The van der Waals surface area contributed by atoms with E-state index in [4.69, 9.17) is 22.9 Å². The molecule has 0 aliphatic rings. The van der Waals surface area contributed by atoms with Crippen molar-refractivity contribution in [3.63, 3.8) is 0 Å². The highest BCUT2D eigenvalue weighted by molar-refractivity contribution is 7.86. The van der Waals surface area contributed by atoms with Crippen LogP contribution in [0.4, 0.5) is 91.0 Å². The van der Waals surface area contributed by atoms with Crippen LogP contribution in [0.2, 0.25) is 0 Å². The number of nitrogens with zero attached hydrogens (tertiary/aromatic N) is 12. The number of hydrogen-bond acceptors (Lipinski definition) is 24. The standard InChI is InChI=1S/C60H50N16O12S2/c1-29-17-33(5-11-45(29)67-65-37-9-15-55(77)39(21-37)59(79)80)35-7-13-47(31(3)19-35)69-71-49-25-51(43(63)23-41(49)61)73-75-53-27-54(58(90(86,87)88)28-57(53)89(83,84)85)76-74-52-26-50(42(62)24-44(52)64)72-70-48-14-8-36(20-32(48)4)34-6-12-46(30(2)18-34)68-66-38-10-16-56(78)40(22-38)60(81)82/h5-28,77-78H,61-64H2,1-4H3,(H,79,80)(H,81,82)(H,83,84,85)(H,86,87,88). The summed E-state index contributed by atoms with van der Waals surface area (Å²) in [5.74, 6) is -3.40. The first kappa shape index (κ1) is 62.7. The summed E-state index contributed by atoms with van der Waals surface area (Å²) in [6.45, 7) is 7.28. The fraction of sp³-hybridized carbons (Fsp3) is 0.0667. The van der Waals surface area contributed by atoms with Gasteiger partial charge in [0.2, 0.25) is 0 Å². The number of aromatic carboxylic acids is 2. The van der Waals surface area contributed by atoms with Crippen LogP contribution in [0.5, 0.6) is 11.5 Å². The molecule has 0 aromatic heterocycles. The molecule has 90 heavy (non-hydrogen) atoms. The summed E-state index contributed by atoms with van der Waals surface area (Å²) in [5, 5.41) is 88.5. The molecule has 0 amide bonds. The number of nitrogen functional groups attached to an aromatic ring is 4. The van der Waals surface area contributed by atoms with Gasteiger partial charge in [0.05, 0.1) is 56.9 Å². The number of hydrogen-bond donors (Lipinski definition) is 10. The van der Waals surface area contributed by atoms with E-state index in [1.54, 1.807) is 24.3 Å². The third kappa shape index (κ3) is 14.5. The van der Waals surface area contributed by atoms with E-state index >= 15 is 0 Å². The second kappa shape index (κ2) is 25.6. The van der Waals surface area contributed by atoms with Gasteiger partial charge >= 0.3 is 11.9 Å². The Balaban J connectivity index is 0.929. The number of carboxylic acid groups (broad SMARTS) is 2. The number of anilines is 4. The van der Waals surface area contributed by atoms with Crippen molar-refractivity contribution in [1.29, 1.82) is 0 Å². The quantitative estimate of drug-likeness (QED) is 0.0217. The first-order chi connectivity index (χ1) is 42.6. The Kier molecular flexibility index (Phi) is 17.8. The number of aryl methyl sites for hydroxylation is 4. The number of carbonyl (C=O) groups is 2. The maximum Gasteiger partial charge on any atom is 0.339 e. The average Bonchev–Trinajstić information content (AvgIpc) is 0.898. The van der Waals surface area contributed by atoms with E-state index in [0.717, 1.165) is 39.4 Å². The molecular formula is C60H50N16O12S2. The third-order valence-corrected chi connectivity index (χ3v) is 15.2. The van der Waals surface area contributed by atoms with E-state index in [1.807, 2.05) is 76.2 Å². The Hall–Kier alpha value is -11.9. The van der Waals surface area contributed by atoms with Gasteiger partial charge in [-0.1, -0.05) is 24.3 Å². The Bertz CT molecular complexity index is 4580. The number of carboxylic acids is 2. The van der Waals surface area contributed by atoms with Gasteiger partial charge in [0.1, 0.15) is 66.5 Å². The third-order valence-electron chi connectivity index (χ3n) is 13.4. The minimum Gasteiger partial charge on any atom is -0.507 e. The molecule has 0 fully saturated rings. The van der Waals surface area contributed by atoms with Gasteiger partial charge < -0.3 is 43.4 Å². The van der Waals surface area contributed by atoms with Crippen LogP contribution in [0, 0.1) is 27.7 Å². The van der Waals surface area contributed by atoms with E-state index in [1.165, 1.54) is 60.7 Å². The van der Waals surface area contributed by atoms with Gasteiger partial charge in [0.25, 0.3) is 20.2 Å². The van der Waals surface area contributed by atoms with Gasteiger partial charge in [-0.15, -0.1) is 30.7 Å². The topological polar surface area (TPSA) is 476 Å². The van der Waals surface area contributed by atoms with E-state index in [-0.39, 0.29) is 68.0 Å². The first-order valence-corrected chi connectivity index (χ1v) is 29.1. The van der Waals surface area contributed by atoms with Crippen LogP contribution >= 0.6 is 0 Å². The zero-order chi connectivity index (χ0) is 64.9. The number of rotatable bonds is 18. The number of aromatic hydroxyl groups is 2. The van der Waals surface area contributed by atoms with Crippen LogP contribution in [-0.2, 0) is 20.2 Å². The normalized spacial score (nSPS) is 12.2. The summed E-state index contributed by atoms with van der Waals surface area (Å²) in [4.78, 5) is 20.6. The van der Waals surface area contributed by atoms with Gasteiger partial charge in [-0.3, -0.25) is 9.11 Å². The van der Waals surface area contributed by atoms with Crippen molar-refractivity contribution in [2.24, 2.45) is 61.4 Å². The highest BCUT2D eigenvalue weighted by Crippen LogP contribution is 2.42. The predicted molar refractivity (Wildman–Crippen MR) is 334 cm³/mol. The number of benzene rings is 9. The van der Waals surface area contributed by atoms with Crippen LogP contribution in [0.15, 0.2) is 217 Å². The van der Waals surface area contributed by atoms with E-state index < -0.39 is 64.8 Å². The molecule has 9 rings (SSSR count). The van der Waals surface area contributed by atoms with Crippen molar-refractivity contribution in [3.05, 3.63) is 179 Å². The molecule has 9 aromatic rings. The number of nitrogens with two attached hydrogens (primary N) is 4. The number of azo groups is 6. The van der Waals surface area contributed by atoms with Crippen molar-refractivity contribution in [2.45, 2.75) is 37.5 Å². The fourth-order valence-electron chi connectivity index (χ4n) is 8.64. The van der Waals surface area contributed by atoms with Gasteiger partial charge in [0, 0.05) is 0 Å². The summed E-state index contributed by atoms with van der Waals surface area (Å²) in [5.41, 5.74) is 31.6. The first-order valence-electron chi connectivity index (χ1n) is 26.2. The monoisotopic (exact) mass is 1250 g/mol. The van der Waals surface area contributed by atoms with E-state index in [2.05, 4.69) is 61.4 Å². The second-order valence-electron chi connectivity index (χ2n) is 19.9. The van der Waals surface area contributed by atoms with Gasteiger partial charge in [-0.2, -0.15) is 47.5 Å². The summed E-state index contributed by atoms with van der Waals surface area (Å²) in [6, 6.07) is 35.8. The molecule has 0 unspecified atom stereocenters. The second-order valence-corrected chi connectivity index (χ2v) is 22.7. The summed E-state index contributed by atoms with van der Waals surface area (Å²) < 4.78 is 71.4. The molecule has 0 aliphatic heterocycles. The molecule has 28 nitrogen and oxygen atoms in total. The van der Waals surface area contributed by atoms with E-state index in [0.29, 0.717) is 39.9 Å². The smallest absolute Gasteiger partial charge is 0.339 e. The molecule has 9 aromatic carbocycles. The minimum atomic E-state index is -5.30. The lowest BCUT2D eigenvalue weighted by atomic mass is 10.0. The van der Waals surface area contributed by atoms with Crippen LogP contribution < -0.4 is 22.9 Å². The molecule has 0 atom stereocenters. The Morgan fingerprint density at radius 3 is 0.844 bits per heavy atom. The number of phenols is 2. The highest BCUT2D eigenvalue weighted by atomic mass is 32.2. The highest BCUT2D eigenvalue weighted by Gasteiger charge is 2.26. The zero-order valence-corrected chi connectivity index (χ0v) is 49.1. The fourth-order valence-corrected chi connectivity index (χ4v) is 9.97. The molecular weight excluding hydrogens is 1200 g/mol. The van der Waals surface area contributed by atoms with Gasteiger partial charge in [-0.05, 0) is 194 Å². The molecule has 0 saturated carbocycles. The van der Waals surface area contributed by atoms with Gasteiger partial charge in [-0.25, -0.2) is 9.59 Å². The van der Waals surface area contributed by atoms with Crippen molar-refractivity contribution in [3.8, 4) is 33.8 Å². The molecule has 0 spiro atoms. The van der Waals surface area contributed by atoms with Crippen molar-refractivity contribution < 1.29 is 56.0 Å². The summed E-state index contributed by atoms with van der Waals surface area (Å²) in [7, 11) is -10.6. The molecule has 454 valence electrons. The lowest BCUT2D eigenvalue weighted by Crippen LogP contribution is -2.04. The van der Waals surface area contributed by atoms with Crippen molar-refractivity contribution in [1.82, 2.24) is 0 Å². The molecule has 0 radical (unpaired) electrons. The van der Waals surface area contributed by atoms with E-state index in [9.17, 15) is 56.0 Å². The SMILES string of the molecule is Cc1cc(-c2ccc(N=Nc3cc(N=Nc4cc(N=Nc5cc(N=Nc6ccc(-c7ccc(N=Nc8ccc(O)c(C(=O)O)c8)c(C)c7)cc6C)c(N)cc5N)c(S(=O)(=O)O)cc4S(=O)(=O)O)c(N)cc3N)c(C)c2)ccc1N=Nc1ccc(O)c(C(=O)O)c1. The van der Waals surface area contributed by atoms with Crippen LogP contribution in [0.25, 0.3) is 22.3 Å². The Morgan fingerprint density at radius 1 is 0.322 bits per heavy atom. The average molecular weight is 1250 g/mol. The van der Waals surface area contributed by atoms with Crippen LogP contribution in [0.1, 0.15) is 43.0 Å². The Morgan fingerprint density at radius 2 is 0.578 bits per heavy atom. The van der Waals surface area contributed by atoms with Crippen molar-refractivity contribution >= 4 is 123 Å². The lowest BCUT2D eigenvalue weighted by molar-refractivity contribution is 0.0682. The summed E-state index contributed by atoms with van der Waals surface area (Å²) >= 11 is 0. The minimum absolute atomic E-state index is 0.0542. The molecule has 0 saturated heterocycles.